The molecule has 0 heterocycles. The zero-order valence-electron chi connectivity index (χ0n) is 11.4. The molecule has 1 unspecified atom stereocenters. The van der Waals surface area contributed by atoms with Crippen LogP contribution in [0.1, 0.15) is 34.6 Å². The summed E-state index contributed by atoms with van der Waals surface area (Å²) in [6.45, 7) is 12.2. The summed E-state index contributed by atoms with van der Waals surface area (Å²) in [4.78, 5) is 19.8. The zero-order valence-corrected chi connectivity index (χ0v) is 14.6. The molecule has 0 aromatic rings. The lowest BCUT2D eigenvalue weighted by Gasteiger charge is -1.92. The van der Waals surface area contributed by atoms with Crippen LogP contribution in [0.25, 0.3) is 0 Å². The molecule has 0 saturated heterocycles. The van der Waals surface area contributed by atoms with E-state index in [4.69, 9.17) is 10.2 Å². The maximum absolute atomic E-state index is 9.70. The van der Waals surface area contributed by atoms with E-state index in [1.165, 1.54) is 0 Å². The van der Waals surface area contributed by atoms with Gasteiger partial charge in [0.05, 0.1) is 11.8 Å². The molecule has 0 aliphatic rings. The van der Waals surface area contributed by atoms with Crippen LogP contribution in [0.3, 0.4) is 0 Å². The molecule has 0 saturated carbocycles. The van der Waals surface area contributed by atoms with Crippen LogP contribution < -0.4 is 0 Å². The van der Waals surface area contributed by atoms with Gasteiger partial charge in [0.15, 0.2) is 0 Å². The molecule has 0 spiro atoms. The van der Waals surface area contributed by atoms with Crippen molar-refractivity contribution in [3.05, 3.63) is 11.1 Å². The van der Waals surface area contributed by atoms with Gasteiger partial charge in [0.25, 0.3) is 0 Å². The summed E-state index contributed by atoms with van der Waals surface area (Å²) in [6.07, 6.45) is 0. The Hall–Kier alpha value is -0.360. The number of rotatable bonds is 3. The second-order valence-electron chi connectivity index (χ2n) is 4.05. The number of hydrogen-bond acceptors (Lipinski definition) is 2. The van der Waals surface area contributed by atoms with Crippen molar-refractivity contribution in [3.8, 4) is 0 Å². The highest BCUT2D eigenvalue weighted by atomic mass is 79.9. The number of alkyl halides is 1. The number of aliphatic carboxylic acids is 2. The molecule has 0 aromatic carbocycles. The Labute approximate surface area is 126 Å². The van der Waals surface area contributed by atoms with Crippen molar-refractivity contribution in [1.29, 1.82) is 0 Å². The van der Waals surface area contributed by atoms with Crippen LogP contribution in [-0.2, 0) is 9.59 Å². The number of allylic oxidation sites excluding steroid dienone is 1. The Morgan fingerprint density at radius 1 is 0.944 bits per heavy atom. The average molecular weight is 390 g/mol. The molecule has 0 aliphatic heterocycles. The standard InChI is InChI=1S/C4H6Br2.2C4H8O2/c1-3(5)4(2)6;2*1-3(2)4(5)6/h4H,1H2,2H3;2*3H,1-2H3,(H,5,6). The van der Waals surface area contributed by atoms with Gasteiger partial charge in [-0.25, -0.2) is 0 Å². The van der Waals surface area contributed by atoms with Crippen molar-refractivity contribution in [2.75, 3.05) is 0 Å². The Morgan fingerprint density at radius 2 is 1.06 bits per heavy atom. The zero-order chi connectivity index (χ0) is 15.5. The molecule has 0 aliphatic carbocycles. The van der Waals surface area contributed by atoms with Crippen molar-refractivity contribution in [1.82, 2.24) is 0 Å². The lowest BCUT2D eigenvalue weighted by molar-refractivity contribution is -0.141. The topological polar surface area (TPSA) is 74.6 Å². The van der Waals surface area contributed by atoms with E-state index in [2.05, 4.69) is 38.4 Å². The summed E-state index contributed by atoms with van der Waals surface area (Å²) in [7, 11) is 0. The first kappa shape index (κ1) is 22.8. The van der Waals surface area contributed by atoms with Gasteiger partial charge in [0.2, 0.25) is 0 Å². The highest BCUT2D eigenvalue weighted by molar-refractivity contribution is 9.14. The SMILES string of the molecule is C=C(Br)C(C)Br.CC(C)C(=O)O.CC(C)C(=O)O. The molecule has 0 rings (SSSR count). The molecule has 108 valence electrons. The second kappa shape index (κ2) is 13.1. The highest BCUT2D eigenvalue weighted by Crippen LogP contribution is 2.13. The minimum absolute atomic E-state index is 0.231. The first-order valence-electron chi connectivity index (χ1n) is 5.37. The molecule has 2 N–H and O–H groups in total. The predicted molar refractivity (Wildman–Crippen MR) is 81.4 cm³/mol. The van der Waals surface area contributed by atoms with E-state index >= 15 is 0 Å². The smallest absolute Gasteiger partial charge is 0.305 e. The van der Waals surface area contributed by atoms with Gasteiger partial charge in [-0.2, -0.15) is 0 Å². The lowest BCUT2D eigenvalue weighted by atomic mass is 10.2. The van der Waals surface area contributed by atoms with E-state index in [-0.39, 0.29) is 11.8 Å². The first-order chi connectivity index (χ1) is 7.93. The molecular formula is C12H22Br2O4. The molecule has 0 bridgehead atoms. The molecule has 0 amide bonds. The fraction of sp³-hybridized carbons (Fsp3) is 0.667. The van der Waals surface area contributed by atoms with E-state index in [1.54, 1.807) is 27.7 Å². The van der Waals surface area contributed by atoms with E-state index in [0.29, 0.717) is 4.83 Å². The molecular weight excluding hydrogens is 368 g/mol. The van der Waals surface area contributed by atoms with Gasteiger partial charge in [-0.15, -0.1) is 0 Å². The molecule has 1 atom stereocenters. The molecule has 18 heavy (non-hydrogen) atoms. The Balaban J connectivity index is -0.000000187. The van der Waals surface area contributed by atoms with Crippen molar-refractivity contribution in [3.63, 3.8) is 0 Å². The monoisotopic (exact) mass is 388 g/mol. The van der Waals surface area contributed by atoms with Gasteiger partial charge in [0, 0.05) is 9.31 Å². The van der Waals surface area contributed by atoms with E-state index < -0.39 is 11.9 Å². The minimum atomic E-state index is -0.741. The Kier molecular flexibility index (Phi) is 16.6. The van der Waals surface area contributed by atoms with Crippen molar-refractivity contribution in [2.45, 2.75) is 39.4 Å². The van der Waals surface area contributed by atoms with Crippen LogP contribution in [-0.4, -0.2) is 27.0 Å². The van der Waals surface area contributed by atoms with Crippen molar-refractivity contribution < 1.29 is 19.8 Å². The van der Waals surface area contributed by atoms with E-state index in [9.17, 15) is 9.59 Å². The fourth-order valence-electron chi connectivity index (χ4n) is 0. The largest absolute Gasteiger partial charge is 0.481 e. The van der Waals surface area contributed by atoms with Crippen molar-refractivity contribution in [2.24, 2.45) is 11.8 Å². The van der Waals surface area contributed by atoms with Gasteiger partial charge >= 0.3 is 11.9 Å². The third-order valence-corrected chi connectivity index (χ3v) is 3.27. The summed E-state index contributed by atoms with van der Waals surface area (Å²) in [5, 5.41) is 16.0. The van der Waals surface area contributed by atoms with Crippen LogP contribution >= 0.6 is 31.9 Å². The predicted octanol–water partition coefficient (Wildman–Crippen LogP) is 4.13. The Bertz CT molecular complexity index is 218. The molecule has 0 fully saturated rings. The minimum Gasteiger partial charge on any atom is -0.481 e. The summed E-state index contributed by atoms with van der Waals surface area (Å²) in [5.41, 5.74) is 0. The van der Waals surface area contributed by atoms with Gasteiger partial charge in [-0.1, -0.05) is 66.1 Å². The van der Waals surface area contributed by atoms with Crippen molar-refractivity contribution >= 4 is 43.8 Å². The average Bonchev–Trinajstić information content (AvgIpc) is 2.18. The first-order valence-corrected chi connectivity index (χ1v) is 7.08. The van der Waals surface area contributed by atoms with Gasteiger partial charge < -0.3 is 10.2 Å². The quantitative estimate of drug-likeness (QED) is 0.711. The highest BCUT2D eigenvalue weighted by Gasteiger charge is 1.99. The van der Waals surface area contributed by atoms with Crippen LogP contribution in [0.15, 0.2) is 11.1 Å². The van der Waals surface area contributed by atoms with Gasteiger partial charge in [-0.05, 0) is 6.92 Å². The van der Waals surface area contributed by atoms with Crippen LogP contribution in [0.2, 0.25) is 0 Å². The van der Waals surface area contributed by atoms with Gasteiger partial charge in [-0.3, -0.25) is 9.59 Å². The Morgan fingerprint density at radius 3 is 1.06 bits per heavy atom. The van der Waals surface area contributed by atoms with Crippen LogP contribution in [0.5, 0.6) is 0 Å². The summed E-state index contributed by atoms with van der Waals surface area (Å²) in [5.74, 6) is -1.94. The third-order valence-electron chi connectivity index (χ3n) is 1.42. The number of halogens is 2. The van der Waals surface area contributed by atoms with E-state index in [1.807, 2.05) is 6.92 Å². The lowest BCUT2D eigenvalue weighted by Crippen LogP contribution is -2.03. The molecule has 4 nitrogen and oxygen atoms in total. The number of hydrogen-bond donors (Lipinski definition) is 2. The summed E-state index contributed by atoms with van der Waals surface area (Å²) in [6, 6.07) is 0. The number of carboxylic acid groups (broad SMARTS) is 2. The molecule has 0 aromatic heterocycles. The van der Waals surface area contributed by atoms with Crippen LogP contribution in [0, 0.1) is 11.8 Å². The molecule has 6 heteroatoms. The second-order valence-corrected chi connectivity index (χ2v) is 6.44. The third kappa shape index (κ3) is 24.7. The normalized spacial score (nSPS) is 10.7. The number of carbonyl (C=O) groups is 2. The summed E-state index contributed by atoms with van der Waals surface area (Å²) < 4.78 is 0.988. The summed E-state index contributed by atoms with van der Waals surface area (Å²) >= 11 is 6.49. The van der Waals surface area contributed by atoms with Crippen LogP contribution in [0.4, 0.5) is 0 Å². The number of carboxylic acids is 2. The fourth-order valence-corrected chi connectivity index (χ4v) is 0. The molecule has 0 radical (unpaired) electrons. The maximum Gasteiger partial charge on any atom is 0.305 e. The van der Waals surface area contributed by atoms with Gasteiger partial charge in [0.1, 0.15) is 0 Å². The van der Waals surface area contributed by atoms with E-state index in [0.717, 1.165) is 4.48 Å². The maximum atomic E-state index is 9.70.